The quantitative estimate of drug-likeness (QED) is 0.791. The minimum atomic E-state index is -0.357. The van der Waals surface area contributed by atoms with Gasteiger partial charge in [-0.1, -0.05) is 30.3 Å². The molecule has 0 radical (unpaired) electrons. The lowest BCUT2D eigenvalue weighted by molar-refractivity contribution is 0.0992. The molecule has 0 unspecified atom stereocenters. The molecule has 0 spiro atoms. The number of hydrogen-bond acceptors (Lipinski definition) is 1. The highest BCUT2D eigenvalue weighted by Crippen LogP contribution is 2.22. The van der Waals surface area contributed by atoms with Crippen molar-refractivity contribution in [2.24, 2.45) is 0 Å². The summed E-state index contributed by atoms with van der Waals surface area (Å²) >= 11 is 0. The van der Waals surface area contributed by atoms with E-state index >= 15 is 0 Å². The summed E-state index contributed by atoms with van der Waals surface area (Å²) in [5.41, 5.74) is 1.37. The summed E-state index contributed by atoms with van der Waals surface area (Å²) < 4.78 is 13.9. The molecule has 2 nitrogen and oxygen atoms in total. The molecule has 0 N–H and O–H groups in total. The second-order valence-electron chi connectivity index (χ2n) is 4.14. The molecule has 0 aliphatic rings. The zero-order valence-corrected chi connectivity index (χ0v) is 10.4. The van der Waals surface area contributed by atoms with E-state index in [-0.39, 0.29) is 11.7 Å². The van der Waals surface area contributed by atoms with E-state index in [1.807, 2.05) is 6.07 Å². The Hall–Kier alpha value is -2.16. The van der Waals surface area contributed by atoms with Crippen LogP contribution in [0, 0.1) is 12.7 Å². The molecular weight excluding hydrogens is 229 g/mol. The summed E-state index contributed by atoms with van der Waals surface area (Å²) in [6, 6.07) is 13.9. The van der Waals surface area contributed by atoms with Gasteiger partial charge in [0.2, 0.25) is 0 Å². The van der Waals surface area contributed by atoms with Crippen LogP contribution in [0.4, 0.5) is 10.1 Å². The molecule has 0 heterocycles. The van der Waals surface area contributed by atoms with Gasteiger partial charge in [-0.2, -0.15) is 0 Å². The first-order chi connectivity index (χ1) is 8.61. The monoisotopic (exact) mass is 243 g/mol. The van der Waals surface area contributed by atoms with Crippen molar-refractivity contribution in [3.05, 3.63) is 65.5 Å². The van der Waals surface area contributed by atoms with E-state index in [1.54, 1.807) is 56.4 Å². The number of benzene rings is 2. The third kappa shape index (κ3) is 2.25. The normalized spacial score (nSPS) is 10.2. The largest absolute Gasteiger partial charge is 0.309 e. The van der Waals surface area contributed by atoms with Gasteiger partial charge in [-0.25, -0.2) is 4.39 Å². The number of rotatable bonds is 2. The smallest absolute Gasteiger partial charge is 0.258 e. The molecule has 0 aromatic heterocycles. The average molecular weight is 243 g/mol. The average Bonchev–Trinajstić information content (AvgIpc) is 2.41. The number of aryl methyl sites for hydroxylation is 1. The standard InChI is InChI=1S/C15H14FNO/c1-11-7-6-10-13(14(11)16)17(2)15(18)12-8-4-3-5-9-12/h3-10H,1-2H3. The number of amides is 1. The predicted octanol–water partition coefficient (Wildman–Crippen LogP) is 3.41. The zero-order valence-electron chi connectivity index (χ0n) is 10.4. The molecular formula is C15H14FNO. The fourth-order valence-electron chi connectivity index (χ4n) is 1.77. The molecule has 0 bridgehead atoms. The molecule has 2 aromatic rings. The van der Waals surface area contributed by atoms with Crippen LogP contribution >= 0.6 is 0 Å². The van der Waals surface area contributed by atoms with Gasteiger partial charge in [-0.05, 0) is 30.7 Å². The van der Waals surface area contributed by atoms with Crippen LogP contribution in [0.3, 0.4) is 0 Å². The van der Waals surface area contributed by atoms with Gasteiger partial charge < -0.3 is 4.90 Å². The maximum Gasteiger partial charge on any atom is 0.258 e. The lowest BCUT2D eigenvalue weighted by Gasteiger charge is -2.18. The second kappa shape index (κ2) is 5.00. The van der Waals surface area contributed by atoms with Gasteiger partial charge in [0.15, 0.2) is 0 Å². The Kier molecular flexibility index (Phi) is 3.42. The second-order valence-corrected chi connectivity index (χ2v) is 4.14. The summed E-state index contributed by atoms with van der Waals surface area (Å²) in [5.74, 6) is -0.579. The SMILES string of the molecule is Cc1cccc(N(C)C(=O)c2ccccc2)c1F. The Morgan fingerprint density at radius 2 is 1.72 bits per heavy atom. The van der Waals surface area contributed by atoms with Crippen molar-refractivity contribution in [1.82, 2.24) is 0 Å². The number of carbonyl (C=O) groups excluding carboxylic acids is 1. The van der Waals surface area contributed by atoms with E-state index in [4.69, 9.17) is 0 Å². The predicted molar refractivity (Wildman–Crippen MR) is 70.3 cm³/mol. The third-order valence-electron chi connectivity index (χ3n) is 2.86. The van der Waals surface area contributed by atoms with Gasteiger partial charge in [-0.3, -0.25) is 4.79 Å². The van der Waals surface area contributed by atoms with Gasteiger partial charge in [0.1, 0.15) is 5.82 Å². The third-order valence-corrected chi connectivity index (χ3v) is 2.86. The lowest BCUT2D eigenvalue weighted by atomic mass is 10.1. The molecule has 18 heavy (non-hydrogen) atoms. The molecule has 0 aliphatic carbocycles. The Labute approximate surface area is 106 Å². The van der Waals surface area contributed by atoms with Gasteiger partial charge in [-0.15, -0.1) is 0 Å². The Morgan fingerprint density at radius 1 is 1.06 bits per heavy atom. The molecule has 0 saturated heterocycles. The van der Waals surface area contributed by atoms with Crippen LogP contribution in [0.5, 0.6) is 0 Å². The first-order valence-corrected chi connectivity index (χ1v) is 5.69. The summed E-state index contributed by atoms with van der Waals surface area (Å²) in [6.07, 6.45) is 0. The van der Waals surface area contributed by atoms with Crippen molar-refractivity contribution in [2.45, 2.75) is 6.92 Å². The molecule has 0 fully saturated rings. The van der Waals surface area contributed by atoms with Crippen molar-refractivity contribution in [3.8, 4) is 0 Å². The van der Waals surface area contributed by atoms with Gasteiger partial charge >= 0.3 is 0 Å². The minimum absolute atomic E-state index is 0.222. The number of carbonyl (C=O) groups is 1. The highest BCUT2D eigenvalue weighted by molar-refractivity contribution is 6.05. The van der Waals surface area contributed by atoms with Crippen LogP contribution in [0.25, 0.3) is 0 Å². The summed E-state index contributed by atoms with van der Waals surface area (Å²) in [6.45, 7) is 1.68. The summed E-state index contributed by atoms with van der Waals surface area (Å²) in [5, 5.41) is 0. The van der Waals surface area contributed by atoms with Crippen molar-refractivity contribution in [1.29, 1.82) is 0 Å². The Morgan fingerprint density at radius 3 is 2.39 bits per heavy atom. The van der Waals surface area contributed by atoms with Crippen LogP contribution in [0.1, 0.15) is 15.9 Å². The number of nitrogens with zero attached hydrogens (tertiary/aromatic N) is 1. The van der Waals surface area contributed by atoms with E-state index in [1.165, 1.54) is 4.90 Å². The van der Waals surface area contributed by atoms with Gasteiger partial charge in [0, 0.05) is 12.6 Å². The summed E-state index contributed by atoms with van der Waals surface area (Å²) in [4.78, 5) is 13.5. The lowest BCUT2D eigenvalue weighted by Crippen LogP contribution is -2.27. The number of anilines is 1. The van der Waals surface area contributed by atoms with E-state index in [0.717, 1.165) is 0 Å². The molecule has 3 heteroatoms. The highest BCUT2D eigenvalue weighted by atomic mass is 19.1. The Balaban J connectivity index is 2.35. The molecule has 1 amide bonds. The van der Waals surface area contributed by atoms with Gasteiger partial charge in [0.05, 0.1) is 5.69 Å². The molecule has 2 aromatic carbocycles. The minimum Gasteiger partial charge on any atom is -0.309 e. The van der Waals surface area contributed by atoms with E-state index < -0.39 is 0 Å². The number of halogens is 1. The van der Waals surface area contributed by atoms with Crippen molar-refractivity contribution >= 4 is 11.6 Å². The molecule has 92 valence electrons. The van der Waals surface area contributed by atoms with E-state index in [2.05, 4.69) is 0 Å². The first kappa shape index (κ1) is 12.3. The van der Waals surface area contributed by atoms with Gasteiger partial charge in [0.25, 0.3) is 5.91 Å². The molecule has 0 atom stereocenters. The maximum atomic E-state index is 13.9. The van der Waals surface area contributed by atoms with E-state index in [9.17, 15) is 9.18 Å². The molecule has 0 aliphatic heterocycles. The first-order valence-electron chi connectivity index (χ1n) is 5.69. The van der Waals surface area contributed by atoms with Crippen LogP contribution in [0.2, 0.25) is 0 Å². The fraction of sp³-hybridized carbons (Fsp3) is 0.133. The van der Waals surface area contributed by atoms with Crippen molar-refractivity contribution in [3.63, 3.8) is 0 Å². The van der Waals surface area contributed by atoms with Crippen molar-refractivity contribution in [2.75, 3.05) is 11.9 Å². The Bertz CT molecular complexity index is 566. The fourth-order valence-corrected chi connectivity index (χ4v) is 1.77. The van der Waals surface area contributed by atoms with Crippen LogP contribution in [-0.4, -0.2) is 13.0 Å². The van der Waals surface area contributed by atoms with Crippen LogP contribution in [-0.2, 0) is 0 Å². The zero-order chi connectivity index (χ0) is 13.1. The highest BCUT2D eigenvalue weighted by Gasteiger charge is 2.16. The maximum absolute atomic E-state index is 13.9. The summed E-state index contributed by atoms with van der Waals surface area (Å²) in [7, 11) is 1.58. The molecule has 2 rings (SSSR count). The van der Waals surface area contributed by atoms with Crippen LogP contribution < -0.4 is 4.90 Å². The number of hydrogen-bond donors (Lipinski definition) is 0. The van der Waals surface area contributed by atoms with E-state index in [0.29, 0.717) is 16.8 Å². The van der Waals surface area contributed by atoms with Crippen molar-refractivity contribution < 1.29 is 9.18 Å². The van der Waals surface area contributed by atoms with Crippen LogP contribution in [0.15, 0.2) is 48.5 Å². The molecule has 0 saturated carbocycles. The topological polar surface area (TPSA) is 20.3 Å².